The molecule has 1 aliphatic carbocycles. The number of anilines is 1. The quantitative estimate of drug-likeness (QED) is 0.930. The number of pyridine rings is 1. The molecule has 1 saturated heterocycles. The predicted octanol–water partition coefficient (Wildman–Crippen LogP) is 3.37. The summed E-state index contributed by atoms with van der Waals surface area (Å²) in [4.78, 5) is 19.5. The number of rotatable bonds is 4. The topological polar surface area (TPSA) is 50.2 Å². The second-order valence-electron chi connectivity index (χ2n) is 7.29. The molecule has 3 heterocycles. The number of hydrogen-bond donors (Lipinski definition) is 1. The number of aryl methyl sites for hydroxylation is 1. The number of aromatic nitrogens is 2. The summed E-state index contributed by atoms with van der Waals surface area (Å²) in [5.41, 5.74) is 3.82. The Balaban J connectivity index is 1.58. The van der Waals surface area contributed by atoms with Crippen LogP contribution >= 0.6 is 0 Å². The smallest absolute Gasteiger partial charge is 0.253 e. The Morgan fingerprint density at radius 2 is 1.92 bits per heavy atom. The van der Waals surface area contributed by atoms with Gasteiger partial charge < -0.3 is 14.8 Å². The maximum absolute atomic E-state index is 12.4. The van der Waals surface area contributed by atoms with E-state index < -0.39 is 0 Å². The van der Waals surface area contributed by atoms with Crippen LogP contribution in [0.2, 0.25) is 0 Å². The van der Waals surface area contributed by atoms with E-state index in [9.17, 15) is 4.79 Å². The molecule has 0 bridgehead atoms. The Morgan fingerprint density at radius 3 is 2.56 bits per heavy atom. The molecule has 2 aromatic rings. The van der Waals surface area contributed by atoms with Gasteiger partial charge in [-0.1, -0.05) is 0 Å². The zero-order valence-electron chi connectivity index (χ0n) is 15.1. The molecule has 0 unspecified atom stereocenters. The Hall–Kier alpha value is -2.30. The van der Waals surface area contributed by atoms with Gasteiger partial charge in [0.2, 0.25) is 0 Å². The molecule has 1 aliphatic heterocycles. The van der Waals surface area contributed by atoms with Crippen molar-refractivity contribution >= 4 is 11.7 Å². The van der Waals surface area contributed by atoms with Gasteiger partial charge in [0.05, 0.1) is 17.4 Å². The predicted molar refractivity (Wildman–Crippen MR) is 99.6 cm³/mol. The Labute approximate surface area is 149 Å². The van der Waals surface area contributed by atoms with E-state index in [4.69, 9.17) is 0 Å². The standard InChI is InChI=1S/C20H26N4O/c1-14-12-18(20(25)22-16-6-7-16)15(2)24(14)17-8-9-19(21-13-17)23-10-4-3-5-11-23/h8-9,12-13,16H,3-7,10-11H2,1-2H3,(H,22,25). The fourth-order valence-corrected chi connectivity index (χ4v) is 3.70. The summed E-state index contributed by atoms with van der Waals surface area (Å²) in [6.45, 7) is 6.24. The van der Waals surface area contributed by atoms with Crippen molar-refractivity contribution in [3.05, 3.63) is 41.3 Å². The SMILES string of the molecule is Cc1cc(C(=O)NC2CC2)c(C)n1-c1ccc(N2CCCCC2)nc1. The van der Waals surface area contributed by atoms with Crippen molar-refractivity contribution in [2.24, 2.45) is 0 Å². The van der Waals surface area contributed by atoms with Gasteiger partial charge >= 0.3 is 0 Å². The van der Waals surface area contributed by atoms with E-state index in [1.165, 1.54) is 19.3 Å². The molecule has 0 aromatic carbocycles. The number of nitrogens with zero attached hydrogens (tertiary/aromatic N) is 3. The molecule has 0 atom stereocenters. The summed E-state index contributed by atoms with van der Waals surface area (Å²) in [7, 11) is 0. The van der Waals surface area contributed by atoms with E-state index in [1.807, 2.05) is 26.1 Å². The first-order valence-corrected chi connectivity index (χ1v) is 9.34. The van der Waals surface area contributed by atoms with Crippen molar-refractivity contribution in [1.82, 2.24) is 14.9 Å². The van der Waals surface area contributed by atoms with E-state index in [0.717, 1.165) is 54.4 Å². The van der Waals surface area contributed by atoms with Crippen LogP contribution in [0.4, 0.5) is 5.82 Å². The van der Waals surface area contributed by atoms with Gasteiger partial charge in [0.15, 0.2) is 0 Å². The first kappa shape index (κ1) is 16.2. The summed E-state index contributed by atoms with van der Waals surface area (Å²) in [5, 5.41) is 3.08. The van der Waals surface area contributed by atoms with Crippen molar-refractivity contribution in [2.75, 3.05) is 18.0 Å². The molecule has 4 rings (SSSR count). The fourth-order valence-electron chi connectivity index (χ4n) is 3.70. The van der Waals surface area contributed by atoms with Crippen molar-refractivity contribution in [1.29, 1.82) is 0 Å². The molecule has 0 spiro atoms. The average molecular weight is 338 g/mol. The molecule has 5 nitrogen and oxygen atoms in total. The highest BCUT2D eigenvalue weighted by Crippen LogP contribution is 2.25. The minimum atomic E-state index is 0.0414. The molecule has 1 N–H and O–H groups in total. The lowest BCUT2D eigenvalue weighted by atomic mass is 10.1. The van der Waals surface area contributed by atoms with Crippen LogP contribution in [0.25, 0.3) is 5.69 Å². The number of carbonyl (C=O) groups excluding carboxylic acids is 1. The van der Waals surface area contributed by atoms with E-state index in [0.29, 0.717) is 6.04 Å². The van der Waals surface area contributed by atoms with Gasteiger partial charge in [-0.15, -0.1) is 0 Å². The zero-order chi connectivity index (χ0) is 17.4. The number of hydrogen-bond acceptors (Lipinski definition) is 3. The van der Waals surface area contributed by atoms with Crippen LogP contribution in [0.1, 0.15) is 53.8 Å². The highest BCUT2D eigenvalue weighted by Gasteiger charge is 2.26. The van der Waals surface area contributed by atoms with Gasteiger partial charge in [-0.25, -0.2) is 4.98 Å². The Morgan fingerprint density at radius 1 is 1.16 bits per heavy atom. The monoisotopic (exact) mass is 338 g/mol. The number of amides is 1. The van der Waals surface area contributed by atoms with E-state index in [1.54, 1.807) is 0 Å². The van der Waals surface area contributed by atoms with Gasteiger partial charge in [0, 0.05) is 30.5 Å². The fraction of sp³-hybridized carbons (Fsp3) is 0.500. The van der Waals surface area contributed by atoms with Crippen molar-refractivity contribution in [2.45, 2.75) is 52.0 Å². The van der Waals surface area contributed by atoms with Crippen LogP contribution in [-0.4, -0.2) is 34.6 Å². The summed E-state index contributed by atoms with van der Waals surface area (Å²) in [6.07, 6.45) is 7.95. The molecule has 2 aliphatic rings. The van der Waals surface area contributed by atoms with Crippen molar-refractivity contribution < 1.29 is 4.79 Å². The lowest BCUT2D eigenvalue weighted by Crippen LogP contribution is -2.30. The first-order chi connectivity index (χ1) is 12.1. The normalized spacial score (nSPS) is 17.6. The highest BCUT2D eigenvalue weighted by molar-refractivity contribution is 5.96. The van der Waals surface area contributed by atoms with Crippen LogP contribution in [0.15, 0.2) is 24.4 Å². The lowest BCUT2D eigenvalue weighted by Gasteiger charge is -2.27. The van der Waals surface area contributed by atoms with Gasteiger partial charge in [-0.05, 0) is 64.2 Å². The van der Waals surface area contributed by atoms with Crippen molar-refractivity contribution in [3.63, 3.8) is 0 Å². The van der Waals surface area contributed by atoms with E-state index in [2.05, 4.69) is 31.9 Å². The van der Waals surface area contributed by atoms with Crippen LogP contribution in [0.3, 0.4) is 0 Å². The van der Waals surface area contributed by atoms with Crippen LogP contribution < -0.4 is 10.2 Å². The largest absolute Gasteiger partial charge is 0.357 e. The molecule has 5 heteroatoms. The lowest BCUT2D eigenvalue weighted by molar-refractivity contribution is 0.0950. The van der Waals surface area contributed by atoms with E-state index in [-0.39, 0.29) is 5.91 Å². The minimum Gasteiger partial charge on any atom is -0.357 e. The van der Waals surface area contributed by atoms with Crippen molar-refractivity contribution in [3.8, 4) is 5.69 Å². The van der Waals surface area contributed by atoms with Crippen LogP contribution in [0.5, 0.6) is 0 Å². The molecule has 2 aromatic heterocycles. The zero-order valence-corrected chi connectivity index (χ0v) is 15.1. The summed E-state index contributed by atoms with van der Waals surface area (Å²) < 4.78 is 2.12. The summed E-state index contributed by atoms with van der Waals surface area (Å²) in [5.74, 6) is 1.09. The third-order valence-electron chi connectivity index (χ3n) is 5.26. The number of carbonyl (C=O) groups is 1. The second kappa shape index (κ2) is 6.54. The van der Waals surface area contributed by atoms with Gasteiger partial charge in [0.1, 0.15) is 5.82 Å². The first-order valence-electron chi connectivity index (χ1n) is 9.34. The summed E-state index contributed by atoms with van der Waals surface area (Å²) >= 11 is 0. The molecule has 1 amide bonds. The third-order valence-corrected chi connectivity index (χ3v) is 5.26. The third kappa shape index (κ3) is 3.28. The van der Waals surface area contributed by atoms with E-state index >= 15 is 0 Å². The molecule has 2 fully saturated rings. The molecule has 0 radical (unpaired) electrons. The van der Waals surface area contributed by atoms with Gasteiger partial charge in [0.25, 0.3) is 5.91 Å². The highest BCUT2D eigenvalue weighted by atomic mass is 16.1. The minimum absolute atomic E-state index is 0.0414. The van der Waals surface area contributed by atoms with Gasteiger partial charge in [-0.2, -0.15) is 0 Å². The van der Waals surface area contributed by atoms with Crippen LogP contribution in [-0.2, 0) is 0 Å². The number of piperidine rings is 1. The molecule has 25 heavy (non-hydrogen) atoms. The number of nitrogens with one attached hydrogen (secondary N) is 1. The average Bonchev–Trinajstić information content (AvgIpc) is 3.39. The molecular weight excluding hydrogens is 312 g/mol. The maximum atomic E-state index is 12.4. The van der Waals surface area contributed by atoms with Gasteiger partial charge in [-0.3, -0.25) is 4.79 Å². The molecule has 132 valence electrons. The Bertz CT molecular complexity index is 768. The summed E-state index contributed by atoms with van der Waals surface area (Å²) in [6, 6.07) is 6.57. The van der Waals surface area contributed by atoms with Crippen LogP contribution in [0, 0.1) is 13.8 Å². The molecular formula is C20H26N4O. The maximum Gasteiger partial charge on any atom is 0.253 e. The Kier molecular flexibility index (Phi) is 4.24. The second-order valence-corrected chi connectivity index (χ2v) is 7.29. The molecule has 1 saturated carbocycles.